The molecule has 15 aromatic rings. The van der Waals surface area contributed by atoms with Gasteiger partial charge in [-0.25, -0.2) is 15.0 Å². The maximum absolute atomic E-state index is 5.59. The van der Waals surface area contributed by atoms with Crippen molar-refractivity contribution in [2.45, 2.75) is 0 Å². The van der Waals surface area contributed by atoms with E-state index in [1.165, 1.54) is 79.4 Å². The van der Waals surface area contributed by atoms with Crippen LogP contribution in [0.1, 0.15) is 0 Å². The van der Waals surface area contributed by atoms with E-state index >= 15 is 0 Å². The van der Waals surface area contributed by atoms with Gasteiger partial charge in [0.25, 0.3) is 0 Å². The van der Waals surface area contributed by atoms with E-state index in [1.807, 2.05) is 17.4 Å². The first kappa shape index (κ1) is 39.0. The van der Waals surface area contributed by atoms with Crippen LogP contribution in [0.3, 0.4) is 0 Å². The van der Waals surface area contributed by atoms with Gasteiger partial charge in [0.15, 0.2) is 17.5 Å². The van der Waals surface area contributed by atoms with Crippen molar-refractivity contribution in [3.05, 3.63) is 231 Å². The number of benzene rings is 12. The van der Waals surface area contributed by atoms with Crippen molar-refractivity contribution < 1.29 is 0 Å². The summed E-state index contributed by atoms with van der Waals surface area (Å²) in [6.07, 6.45) is 0. The average molecular weight is 907 g/mol. The smallest absolute Gasteiger partial charge is 0.164 e. The van der Waals surface area contributed by atoms with Gasteiger partial charge in [-0.05, 0) is 114 Å². The molecule has 0 aliphatic carbocycles. The van der Waals surface area contributed by atoms with E-state index in [4.69, 9.17) is 15.0 Å². The molecular formula is C65H38N4S. The van der Waals surface area contributed by atoms with Crippen molar-refractivity contribution in [3.63, 3.8) is 0 Å². The highest BCUT2D eigenvalue weighted by Crippen LogP contribution is 2.46. The van der Waals surface area contributed by atoms with Crippen molar-refractivity contribution in [1.82, 2.24) is 19.5 Å². The maximum Gasteiger partial charge on any atom is 0.164 e. The highest BCUT2D eigenvalue weighted by atomic mass is 32.1. The maximum atomic E-state index is 5.59. The first-order valence-electron chi connectivity index (χ1n) is 23.8. The Morgan fingerprint density at radius 2 is 0.829 bits per heavy atom. The molecule has 70 heavy (non-hydrogen) atoms. The molecule has 3 heterocycles. The largest absolute Gasteiger partial charge is 0.309 e. The SMILES string of the molecule is c1ccc(-c2nc(-c3ccc(-n4c5ccccc5c5cc6ccccc6cc54)cc3-c3cccc4sc5cc6ccccc6cc5c34)nc(-c3cccc4c5ccccc5c5ccccc5c34)n2)cc1. The second kappa shape index (κ2) is 15.2. The van der Waals surface area contributed by atoms with Gasteiger partial charge in [-0.15, -0.1) is 11.3 Å². The fourth-order valence-corrected chi connectivity index (χ4v) is 12.4. The van der Waals surface area contributed by atoms with E-state index in [-0.39, 0.29) is 0 Å². The minimum Gasteiger partial charge on any atom is -0.309 e. The summed E-state index contributed by atoms with van der Waals surface area (Å²) in [5.74, 6) is 1.87. The van der Waals surface area contributed by atoms with Gasteiger partial charge in [0.1, 0.15) is 0 Å². The molecule has 12 aromatic carbocycles. The third-order valence-electron chi connectivity index (χ3n) is 14.4. The van der Waals surface area contributed by atoms with Gasteiger partial charge in [0, 0.05) is 58.7 Å². The predicted octanol–water partition coefficient (Wildman–Crippen LogP) is 17.8. The van der Waals surface area contributed by atoms with Crippen molar-refractivity contribution >= 4 is 107 Å². The van der Waals surface area contributed by atoms with Gasteiger partial charge < -0.3 is 4.57 Å². The Labute approximate surface area is 406 Å². The van der Waals surface area contributed by atoms with Crippen LogP contribution >= 0.6 is 11.3 Å². The first-order valence-corrected chi connectivity index (χ1v) is 24.6. The predicted molar refractivity (Wildman–Crippen MR) is 296 cm³/mol. The molecular weight excluding hydrogens is 869 g/mol. The molecule has 0 N–H and O–H groups in total. The quantitative estimate of drug-likeness (QED) is 0.162. The molecule has 0 aliphatic heterocycles. The average Bonchev–Trinajstić information content (AvgIpc) is 3.96. The van der Waals surface area contributed by atoms with Gasteiger partial charge in [-0.2, -0.15) is 0 Å². The minimum atomic E-state index is 0.614. The number of hydrogen-bond acceptors (Lipinski definition) is 4. The summed E-state index contributed by atoms with van der Waals surface area (Å²) in [6.45, 7) is 0. The summed E-state index contributed by atoms with van der Waals surface area (Å²) in [7, 11) is 0. The fourth-order valence-electron chi connectivity index (χ4n) is 11.2. The van der Waals surface area contributed by atoms with Crippen molar-refractivity contribution in [2.24, 2.45) is 0 Å². The number of rotatable bonds is 5. The van der Waals surface area contributed by atoms with Crippen LogP contribution in [0, 0.1) is 0 Å². The van der Waals surface area contributed by atoms with Crippen LogP contribution in [0.2, 0.25) is 0 Å². The molecule has 15 rings (SSSR count). The monoisotopic (exact) mass is 906 g/mol. The molecule has 0 saturated heterocycles. The van der Waals surface area contributed by atoms with E-state index < -0.39 is 0 Å². The summed E-state index contributed by atoms with van der Waals surface area (Å²) in [6, 6.07) is 83.5. The minimum absolute atomic E-state index is 0.614. The Morgan fingerprint density at radius 1 is 0.286 bits per heavy atom. The van der Waals surface area contributed by atoms with Crippen LogP contribution in [-0.4, -0.2) is 19.5 Å². The molecule has 0 aliphatic rings. The zero-order chi connectivity index (χ0) is 45.9. The number of hydrogen-bond donors (Lipinski definition) is 0. The summed E-state index contributed by atoms with van der Waals surface area (Å²) in [5, 5.41) is 16.9. The van der Waals surface area contributed by atoms with Crippen LogP contribution in [0.25, 0.3) is 147 Å². The van der Waals surface area contributed by atoms with Crippen molar-refractivity contribution in [3.8, 4) is 51.0 Å². The second-order valence-corrected chi connectivity index (χ2v) is 19.4. The van der Waals surface area contributed by atoms with Gasteiger partial charge in [0.2, 0.25) is 0 Å². The van der Waals surface area contributed by atoms with Crippen molar-refractivity contribution in [1.29, 1.82) is 0 Å². The van der Waals surface area contributed by atoms with E-state index in [2.05, 4.69) is 229 Å². The normalized spacial score (nSPS) is 12.0. The summed E-state index contributed by atoms with van der Waals surface area (Å²) < 4.78 is 4.93. The zero-order valence-corrected chi connectivity index (χ0v) is 38.5. The standard InChI is InChI=1S/C65H38N4S/c1-2-16-39(17-3-1)63-66-64(68-65(67-63)53-29-14-27-50-47-23-9-8-22-45(47)46-24-10-11-26-49(46)61(50)53)52-33-32-44(69-57-30-13-12-25-48(57)55-34-40-18-4-6-20-42(40)36-58(55)69)38-54(52)51-28-15-31-59-62(51)56-35-41-19-5-7-21-43(41)37-60(56)70-59/h1-38H. The first-order chi connectivity index (χ1) is 34.7. The Bertz CT molecular complexity index is 4620. The summed E-state index contributed by atoms with van der Waals surface area (Å²) in [5.41, 5.74) is 8.38. The third-order valence-corrected chi connectivity index (χ3v) is 15.5. The number of aromatic nitrogens is 4. The molecule has 0 spiro atoms. The van der Waals surface area contributed by atoms with Gasteiger partial charge in [0.05, 0.1) is 11.0 Å². The molecule has 0 saturated carbocycles. The Kier molecular flexibility index (Phi) is 8.49. The van der Waals surface area contributed by atoms with E-state index in [1.54, 1.807) is 0 Å². The van der Waals surface area contributed by atoms with E-state index in [9.17, 15) is 0 Å². The number of nitrogens with zero attached hydrogens (tertiary/aromatic N) is 4. The lowest BCUT2D eigenvalue weighted by atomic mass is 9.91. The molecule has 5 heteroatoms. The molecule has 0 amide bonds. The molecule has 3 aromatic heterocycles. The lowest BCUT2D eigenvalue weighted by molar-refractivity contribution is 1.08. The van der Waals surface area contributed by atoms with Gasteiger partial charge in [-0.3, -0.25) is 0 Å². The van der Waals surface area contributed by atoms with E-state index in [0.29, 0.717) is 17.5 Å². The Balaban J connectivity index is 1.05. The molecule has 0 atom stereocenters. The number of para-hydroxylation sites is 1. The van der Waals surface area contributed by atoms with E-state index in [0.717, 1.165) is 49.9 Å². The summed E-state index contributed by atoms with van der Waals surface area (Å²) in [4.78, 5) is 16.4. The molecule has 0 fully saturated rings. The van der Waals surface area contributed by atoms with Crippen LogP contribution in [0.4, 0.5) is 0 Å². The highest BCUT2D eigenvalue weighted by Gasteiger charge is 2.23. The number of thiophene rings is 1. The molecule has 0 bridgehead atoms. The highest BCUT2D eigenvalue weighted by molar-refractivity contribution is 7.26. The zero-order valence-electron chi connectivity index (χ0n) is 37.6. The van der Waals surface area contributed by atoms with Crippen LogP contribution < -0.4 is 0 Å². The molecule has 0 radical (unpaired) electrons. The second-order valence-electron chi connectivity index (χ2n) is 18.3. The van der Waals surface area contributed by atoms with Crippen LogP contribution in [0.15, 0.2) is 231 Å². The van der Waals surface area contributed by atoms with Crippen molar-refractivity contribution in [2.75, 3.05) is 0 Å². The number of fused-ring (bicyclic) bond motifs is 14. The van der Waals surface area contributed by atoms with Crippen LogP contribution in [-0.2, 0) is 0 Å². The summed E-state index contributed by atoms with van der Waals surface area (Å²) >= 11 is 1.85. The van der Waals surface area contributed by atoms with Gasteiger partial charge >= 0.3 is 0 Å². The lowest BCUT2D eigenvalue weighted by Crippen LogP contribution is -2.03. The van der Waals surface area contributed by atoms with Crippen LogP contribution in [0.5, 0.6) is 0 Å². The Hall–Kier alpha value is -9.03. The third kappa shape index (κ3) is 5.92. The van der Waals surface area contributed by atoms with Gasteiger partial charge in [-0.1, -0.05) is 176 Å². The molecule has 4 nitrogen and oxygen atoms in total. The topological polar surface area (TPSA) is 43.6 Å². The lowest BCUT2D eigenvalue weighted by Gasteiger charge is -2.17. The molecule has 0 unspecified atom stereocenters. The fraction of sp³-hybridized carbons (Fsp3) is 0. The Morgan fingerprint density at radius 3 is 1.57 bits per heavy atom. The molecule has 324 valence electrons.